The molecule has 0 heterocycles. The van der Waals surface area contributed by atoms with Crippen LogP contribution in [0.2, 0.25) is 0 Å². The third kappa shape index (κ3) is 1.89. The molecule has 56 valence electrons. The summed E-state index contributed by atoms with van der Waals surface area (Å²) in [5.74, 6) is 0. The lowest BCUT2D eigenvalue weighted by molar-refractivity contribution is 0.687. The maximum absolute atomic E-state index is 10.9. The van der Waals surface area contributed by atoms with E-state index >= 15 is 0 Å². The minimum absolute atomic E-state index is 0.553. The smallest absolute Gasteiger partial charge is 0.0992 e. The zero-order valence-corrected chi connectivity index (χ0v) is 6.89. The Kier molecular flexibility index (Phi) is 2.40. The molecule has 3 heteroatoms. The van der Waals surface area contributed by atoms with Crippen LogP contribution < -0.4 is 0 Å². The number of benzene rings is 1. The Hall–Kier alpha value is -1.14. The van der Waals surface area contributed by atoms with Crippen LogP contribution in [0.1, 0.15) is 5.56 Å². The average molecular weight is 165 g/mol. The maximum Gasteiger partial charge on any atom is 0.0992 e. The molecule has 0 spiro atoms. The van der Waals surface area contributed by atoms with Crippen molar-refractivity contribution in [2.24, 2.45) is 0 Å². The Morgan fingerprint density at radius 1 is 1.55 bits per heavy atom. The van der Waals surface area contributed by atoms with Gasteiger partial charge in [0.25, 0.3) is 0 Å². The van der Waals surface area contributed by atoms with E-state index in [1.165, 1.54) is 0 Å². The van der Waals surface area contributed by atoms with Crippen LogP contribution in [0, 0.1) is 11.3 Å². The first kappa shape index (κ1) is 7.96. The molecule has 0 N–H and O–H groups in total. The fourth-order valence-electron chi connectivity index (χ4n) is 0.744. The van der Waals surface area contributed by atoms with E-state index in [1.807, 2.05) is 6.07 Å². The number of nitriles is 1. The summed E-state index contributed by atoms with van der Waals surface area (Å²) < 4.78 is 10.9. The number of hydrogen-bond donors (Lipinski definition) is 0. The highest BCUT2D eigenvalue weighted by atomic mass is 32.2. The fraction of sp³-hybridized carbons (Fsp3) is 0.125. The Bertz CT molecular complexity index is 327. The van der Waals surface area contributed by atoms with Crippen molar-refractivity contribution in [3.63, 3.8) is 0 Å². The molecule has 0 aliphatic rings. The van der Waals surface area contributed by atoms with Crippen molar-refractivity contribution in [3.05, 3.63) is 29.8 Å². The largest absolute Gasteiger partial charge is 0.255 e. The average Bonchev–Trinajstić information content (AvgIpc) is 2.05. The van der Waals surface area contributed by atoms with Gasteiger partial charge in [0, 0.05) is 22.0 Å². The summed E-state index contributed by atoms with van der Waals surface area (Å²) >= 11 is 0. The van der Waals surface area contributed by atoms with Crippen LogP contribution in [-0.4, -0.2) is 10.5 Å². The first-order valence-corrected chi connectivity index (χ1v) is 4.63. The molecule has 0 fully saturated rings. The molecule has 2 nitrogen and oxygen atoms in total. The third-order valence-corrected chi connectivity index (χ3v) is 2.21. The van der Waals surface area contributed by atoms with Crippen molar-refractivity contribution in [2.45, 2.75) is 4.90 Å². The van der Waals surface area contributed by atoms with E-state index in [0.717, 1.165) is 0 Å². The lowest BCUT2D eigenvalue weighted by atomic mass is 10.2. The van der Waals surface area contributed by atoms with Gasteiger partial charge in [0.05, 0.1) is 11.6 Å². The monoisotopic (exact) mass is 165 g/mol. The minimum Gasteiger partial charge on any atom is -0.255 e. The molecule has 1 unspecified atom stereocenters. The molecule has 0 saturated carbocycles. The molecule has 0 aliphatic heterocycles. The molecule has 0 radical (unpaired) electrons. The Labute approximate surface area is 67.9 Å². The van der Waals surface area contributed by atoms with E-state index in [4.69, 9.17) is 5.26 Å². The Morgan fingerprint density at radius 3 is 2.82 bits per heavy atom. The van der Waals surface area contributed by atoms with Gasteiger partial charge in [0.1, 0.15) is 0 Å². The second-order valence-electron chi connectivity index (χ2n) is 2.09. The van der Waals surface area contributed by atoms with Crippen molar-refractivity contribution in [2.75, 3.05) is 6.26 Å². The summed E-state index contributed by atoms with van der Waals surface area (Å²) in [5.41, 5.74) is 0.553. The third-order valence-electron chi connectivity index (χ3n) is 1.30. The standard InChI is InChI=1S/C8H7NOS/c1-11(10)8-4-2-3-7(5-8)6-9/h2-5H,1H3. The summed E-state index contributed by atoms with van der Waals surface area (Å²) in [6.45, 7) is 0. The second-order valence-corrected chi connectivity index (χ2v) is 3.47. The van der Waals surface area contributed by atoms with Crippen LogP contribution in [-0.2, 0) is 10.8 Å². The lowest BCUT2D eigenvalue weighted by Crippen LogP contribution is -1.86. The summed E-state index contributed by atoms with van der Waals surface area (Å²) in [7, 11) is -0.992. The molecule has 1 rings (SSSR count). The van der Waals surface area contributed by atoms with Gasteiger partial charge >= 0.3 is 0 Å². The SMILES string of the molecule is CS(=O)c1cccc(C#N)c1. The van der Waals surface area contributed by atoms with Crippen molar-refractivity contribution < 1.29 is 4.21 Å². The van der Waals surface area contributed by atoms with Crippen LogP contribution >= 0.6 is 0 Å². The van der Waals surface area contributed by atoms with Gasteiger partial charge in [0.2, 0.25) is 0 Å². The predicted molar refractivity (Wildman–Crippen MR) is 43.5 cm³/mol. The topological polar surface area (TPSA) is 40.9 Å². The van der Waals surface area contributed by atoms with Crippen molar-refractivity contribution >= 4 is 10.8 Å². The maximum atomic E-state index is 10.9. The second kappa shape index (κ2) is 3.31. The van der Waals surface area contributed by atoms with Gasteiger partial charge in [-0.25, -0.2) is 0 Å². The molecule has 0 aliphatic carbocycles. The van der Waals surface area contributed by atoms with Gasteiger partial charge in [-0.2, -0.15) is 5.26 Å². The minimum atomic E-state index is -0.992. The van der Waals surface area contributed by atoms with E-state index in [1.54, 1.807) is 30.5 Å². The summed E-state index contributed by atoms with van der Waals surface area (Å²) in [6.07, 6.45) is 1.59. The van der Waals surface area contributed by atoms with Gasteiger partial charge in [-0.1, -0.05) is 6.07 Å². The molecule has 0 bridgehead atoms. The van der Waals surface area contributed by atoms with Gasteiger partial charge in [0.15, 0.2) is 0 Å². The fourth-order valence-corrected chi connectivity index (χ4v) is 1.31. The van der Waals surface area contributed by atoms with Gasteiger partial charge in [-0.05, 0) is 18.2 Å². The zero-order chi connectivity index (χ0) is 8.27. The molecule has 1 atom stereocenters. The first-order valence-electron chi connectivity index (χ1n) is 3.07. The molecule has 1 aromatic rings. The van der Waals surface area contributed by atoms with Crippen molar-refractivity contribution in [1.82, 2.24) is 0 Å². The Morgan fingerprint density at radius 2 is 2.27 bits per heavy atom. The zero-order valence-electron chi connectivity index (χ0n) is 6.07. The number of nitrogens with zero attached hydrogens (tertiary/aromatic N) is 1. The lowest BCUT2D eigenvalue weighted by Gasteiger charge is -1.94. The van der Waals surface area contributed by atoms with Gasteiger partial charge in [-0.15, -0.1) is 0 Å². The molecular weight excluding hydrogens is 158 g/mol. The summed E-state index contributed by atoms with van der Waals surface area (Å²) in [4.78, 5) is 0.698. The molecule has 0 amide bonds. The molecule has 0 aromatic heterocycles. The van der Waals surface area contributed by atoms with Crippen molar-refractivity contribution in [1.29, 1.82) is 5.26 Å². The quantitative estimate of drug-likeness (QED) is 0.629. The van der Waals surface area contributed by atoms with Crippen LogP contribution in [0.25, 0.3) is 0 Å². The van der Waals surface area contributed by atoms with E-state index in [0.29, 0.717) is 10.5 Å². The molecule has 0 saturated heterocycles. The molecule has 11 heavy (non-hydrogen) atoms. The number of rotatable bonds is 1. The molecular formula is C8H7NOS. The van der Waals surface area contributed by atoms with Crippen LogP contribution in [0.3, 0.4) is 0 Å². The highest BCUT2D eigenvalue weighted by Gasteiger charge is 1.96. The predicted octanol–water partition coefficient (Wildman–Crippen LogP) is 1.30. The van der Waals surface area contributed by atoms with Gasteiger partial charge in [-0.3, -0.25) is 4.21 Å². The molecule has 1 aromatic carbocycles. The summed E-state index contributed by atoms with van der Waals surface area (Å²) in [6, 6.07) is 8.79. The van der Waals surface area contributed by atoms with E-state index in [-0.39, 0.29) is 0 Å². The first-order chi connectivity index (χ1) is 5.24. The van der Waals surface area contributed by atoms with Crippen molar-refractivity contribution in [3.8, 4) is 6.07 Å². The van der Waals surface area contributed by atoms with Crippen LogP contribution in [0.5, 0.6) is 0 Å². The summed E-state index contributed by atoms with van der Waals surface area (Å²) in [5, 5.41) is 8.49. The van der Waals surface area contributed by atoms with E-state index in [2.05, 4.69) is 0 Å². The van der Waals surface area contributed by atoms with E-state index in [9.17, 15) is 4.21 Å². The Balaban J connectivity index is 3.13. The number of hydrogen-bond acceptors (Lipinski definition) is 2. The van der Waals surface area contributed by atoms with Crippen LogP contribution in [0.4, 0.5) is 0 Å². The van der Waals surface area contributed by atoms with E-state index < -0.39 is 10.8 Å². The highest BCUT2D eigenvalue weighted by Crippen LogP contribution is 2.06. The van der Waals surface area contributed by atoms with Crippen LogP contribution in [0.15, 0.2) is 29.2 Å². The van der Waals surface area contributed by atoms with Gasteiger partial charge < -0.3 is 0 Å². The normalized spacial score (nSPS) is 12.0. The highest BCUT2D eigenvalue weighted by molar-refractivity contribution is 7.84.